The summed E-state index contributed by atoms with van der Waals surface area (Å²) in [5, 5.41) is 1.76. The van der Waals surface area contributed by atoms with Gasteiger partial charge in [0.25, 0.3) is 10.0 Å². The summed E-state index contributed by atoms with van der Waals surface area (Å²) in [6.45, 7) is 2.45. The van der Waals surface area contributed by atoms with Gasteiger partial charge < -0.3 is 0 Å². The van der Waals surface area contributed by atoms with E-state index in [1.807, 2.05) is 67.6 Å². The molecule has 1 atom stereocenters. The Morgan fingerprint density at radius 1 is 0.808 bits per heavy atom. The van der Waals surface area contributed by atoms with E-state index in [-0.39, 0.29) is 10.9 Å². The van der Waals surface area contributed by atoms with Gasteiger partial charge in [-0.15, -0.1) is 4.83 Å². The number of nitrogens with zero attached hydrogens (tertiary/aromatic N) is 1. The van der Waals surface area contributed by atoms with Crippen LogP contribution in [-0.2, 0) is 16.6 Å². The molecule has 0 saturated carbocycles. The molecular formula is C21H22N2O2S. The van der Waals surface area contributed by atoms with Crippen molar-refractivity contribution < 1.29 is 8.42 Å². The first kappa shape index (κ1) is 18.3. The minimum absolute atomic E-state index is 0.130. The van der Waals surface area contributed by atoms with Gasteiger partial charge in [-0.3, -0.25) is 0 Å². The Bertz CT molecular complexity index is 914. The van der Waals surface area contributed by atoms with Crippen LogP contribution in [0.3, 0.4) is 0 Å². The smallest absolute Gasteiger partial charge is 0.219 e. The van der Waals surface area contributed by atoms with E-state index in [2.05, 4.69) is 4.83 Å². The SMILES string of the molecule is C[C@H](c1ccccc1)N(Cc1ccccc1)NS(=O)(=O)c1ccccc1. The first-order chi connectivity index (χ1) is 12.6. The van der Waals surface area contributed by atoms with E-state index in [0.29, 0.717) is 6.54 Å². The highest BCUT2D eigenvalue weighted by atomic mass is 32.2. The van der Waals surface area contributed by atoms with Crippen LogP contribution in [0.4, 0.5) is 0 Å². The number of benzene rings is 3. The van der Waals surface area contributed by atoms with Crippen LogP contribution in [0.1, 0.15) is 24.1 Å². The van der Waals surface area contributed by atoms with Crippen molar-refractivity contribution in [3.63, 3.8) is 0 Å². The summed E-state index contributed by atoms with van der Waals surface area (Å²) >= 11 is 0. The van der Waals surface area contributed by atoms with Crippen LogP contribution in [0.15, 0.2) is 95.9 Å². The van der Waals surface area contributed by atoms with Crippen LogP contribution in [0.5, 0.6) is 0 Å². The standard InChI is InChI=1S/C21H22N2O2S/c1-18(20-13-7-3-8-14-20)23(17-19-11-5-2-6-12-19)22-26(24,25)21-15-9-4-10-16-21/h2-16,18,22H,17H2,1H3/t18-/m1/s1. The van der Waals surface area contributed by atoms with Crippen molar-refractivity contribution in [3.05, 3.63) is 102 Å². The van der Waals surface area contributed by atoms with Gasteiger partial charge in [0.05, 0.1) is 4.90 Å². The molecule has 1 N–H and O–H groups in total. The fourth-order valence-corrected chi connectivity index (χ4v) is 3.90. The fourth-order valence-electron chi connectivity index (χ4n) is 2.75. The van der Waals surface area contributed by atoms with Crippen LogP contribution in [0.2, 0.25) is 0 Å². The highest BCUT2D eigenvalue weighted by Crippen LogP contribution is 2.22. The Labute approximate surface area is 155 Å². The minimum Gasteiger partial charge on any atom is -0.219 e. The monoisotopic (exact) mass is 366 g/mol. The average molecular weight is 366 g/mol. The summed E-state index contributed by atoms with van der Waals surface area (Å²) in [5.74, 6) is 0. The topological polar surface area (TPSA) is 49.4 Å². The van der Waals surface area contributed by atoms with E-state index in [1.165, 1.54) is 0 Å². The maximum atomic E-state index is 12.8. The van der Waals surface area contributed by atoms with Gasteiger partial charge in [-0.2, -0.15) is 0 Å². The van der Waals surface area contributed by atoms with Crippen LogP contribution >= 0.6 is 0 Å². The Morgan fingerprint density at radius 2 is 1.31 bits per heavy atom. The lowest BCUT2D eigenvalue weighted by Crippen LogP contribution is -2.43. The van der Waals surface area contributed by atoms with Gasteiger partial charge in [0, 0.05) is 12.6 Å². The second kappa shape index (κ2) is 8.27. The van der Waals surface area contributed by atoms with Crippen LogP contribution < -0.4 is 4.83 Å². The van der Waals surface area contributed by atoms with Crippen molar-refractivity contribution in [2.75, 3.05) is 0 Å². The molecule has 0 spiro atoms. The van der Waals surface area contributed by atoms with Gasteiger partial charge in [-0.05, 0) is 30.2 Å². The molecule has 5 heteroatoms. The van der Waals surface area contributed by atoms with E-state index >= 15 is 0 Å². The van der Waals surface area contributed by atoms with Crippen molar-refractivity contribution in [3.8, 4) is 0 Å². The Morgan fingerprint density at radius 3 is 1.88 bits per heavy atom. The van der Waals surface area contributed by atoms with Gasteiger partial charge in [0.2, 0.25) is 0 Å². The van der Waals surface area contributed by atoms with Gasteiger partial charge in [-0.25, -0.2) is 13.4 Å². The number of hydrogen-bond donors (Lipinski definition) is 1. The minimum atomic E-state index is -3.66. The highest BCUT2D eigenvalue weighted by molar-refractivity contribution is 7.89. The van der Waals surface area contributed by atoms with Crippen molar-refractivity contribution in [2.24, 2.45) is 0 Å². The second-order valence-corrected chi connectivity index (χ2v) is 7.77. The molecule has 0 saturated heterocycles. The van der Waals surface area contributed by atoms with Crippen molar-refractivity contribution in [1.82, 2.24) is 9.84 Å². The zero-order valence-electron chi connectivity index (χ0n) is 14.6. The number of hydrazine groups is 1. The molecule has 0 aromatic heterocycles. The first-order valence-electron chi connectivity index (χ1n) is 8.49. The zero-order chi connectivity index (χ0) is 18.4. The summed E-state index contributed by atoms with van der Waals surface area (Å²) in [4.78, 5) is 3.01. The fraction of sp³-hybridized carbons (Fsp3) is 0.143. The van der Waals surface area contributed by atoms with E-state index in [1.54, 1.807) is 35.3 Å². The summed E-state index contributed by atoms with van der Waals surface area (Å²) < 4.78 is 25.6. The molecule has 0 fully saturated rings. The quantitative estimate of drug-likeness (QED) is 0.639. The van der Waals surface area contributed by atoms with E-state index in [4.69, 9.17) is 0 Å². The third kappa shape index (κ3) is 4.58. The van der Waals surface area contributed by atoms with Gasteiger partial charge in [0.1, 0.15) is 0 Å². The van der Waals surface area contributed by atoms with Crippen LogP contribution in [-0.4, -0.2) is 13.4 Å². The molecule has 3 rings (SSSR count). The van der Waals surface area contributed by atoms with E-state index in [0.717, 1.165) is 11.1 Å². The largest absolute Gasteiger partial charge is 0.253 e. The normalized spacial score (nSPS) is 12.8. The third-order valence-corrected chi connectivity index (χ3v) is 5.60. The molecule has 134 valence electrons. The highest BCUT2D eigenvalue weighted by Gasteiger charge is 2.23. The van der Waals surface area contributed by atoms with Gasteiger partial charge in [-0.1, -0.05) is 78.9 Å². The number of sulfonamides is 1. The predicted molar refractivity (Wildman–Crippen MR) is 104 cm³/mol. The molecule has 0 radical (unpaired) electrons. The predicted octanol–water partition coefficient (Wildman–Crippen LogP) is 4.14. The summed E-state index contributed by atoms with van der Waals surface area (Å²) in [5.41, 5.74) is 2.07. The molecule has 0 aliphatic carbocycles. The van der Waals surface area contributed by atoms with E-state index in [9.17, 15) is 8.42 Å². The van der Waals surface area contributed by atoms with Crippen molar-refractivity contribution in [2.45, 2.75) is 24.4 Å². The molecule has 0 bridgehead atoms. The van der Waals surface area contributed by atoms with Gasteiger partial charge in [0.15, 0.2) is 0 Å². The maximum absolute atomic E-state index is 12.8. The molecule has 0 aliphatic rings. The molecular weight excluding hydrogens is 344 g/mol. The average Bonchev–Trinajstić information content (AvgIpc) is 2.69. The number of hydrogen-bond acceptors (Lipinski definition) is 3. The van der Waals surface area contributed by atoms with Crippen molar-refractivity contribution >= 4 is 10.0 Å². The molecule has 3 aromatic carbocycles. The lowest BCUT2D eigenvalue weighted by molar-refractivity contribution is 0.170. The molecule has 4 nitrogen and oxygen atoms in total. The third-order valence-electron chi connectivity index (χ3n) is 4.24. The molecule has 26 heavy (non-hydrogen) atoms. The molecule has 0 unspecified atom stereocenters. The molecule has 3 aromatic rings. The number of nitrogens with one attached hydrogen (secondary N) is 1. The Hall–Kier alpha value is -2.47. The second-order valence-electron chi connectivity index (χ2n) is 6.11. The lowest BCUT2D eigenvalue weighted by Gasteiger charge is -2.29. The maximum Gasteiger partial charge on any atom is 0.253 e. The number of rotatable bonds is 7. The van der Waals surface area contributed by atoms with Crippen LogP contribution in [0.25, 0.3) is 0 Å². The molecule has 0 heterocycles. The Balaban J connectivity index is 1.90. The summed E-state index contributed by atoms with van der Waals surface area (Å²) in [6, 6.07) is 28.0. The summed E-state index contributed by atoms with van der Waals surface area (Å²) in [6.07, 6.45) is 0. The molecule has 0 aliphatic heterocycles. The first-order valence-corrected chi connectivity index (χ1v) is 9.97. The summed E-state index contributed by atoms with van der Waals surface area (Å²) in [7, 11) is -3.66. The van der Waals surface area contributed by atoms with Gasteiger partial charge >= 0.3 is 0 Å². The lowest BCUT2D eigenvalue weighted by atomic mass is 10.1. The van der Waals surface area contributed by atoms with E-state index < -0.39 is 10.0 Å². The molecule has 0 amide bonds. The zero-order valence-corrected chi connectivity index (χ0v) is 15.4. The van der Waals surface area contributed by atoms with Crippen molar-refractivity contribution in [1.29, 1.82) is 0 Å². The van der Waals surface area contributed by atoms with Crippen LogP contribution in [0, 0.1) is 0 Å². The Kier molecular flexibility index (Phi) is 5.83.